The van der Waals surface area contributed by atoms with Gasteiger partial charge < -0.3 is 9.84 Å². The number of Topliss-reactive ketones (excluding diaryl/α,β-unsaturated/α-hetero) is 1. The second-order valence-electron chi connectivity index (χ2n) is 8.37. The number of carbonyl (C=O) groups excluding carboxylic acids is 2. The minimum absolute atomic E-state index is 0.0300. The van der Waals surface area contributed by atoms with Crippen LogP contribution in [0.5, 0.6) is 5.75 Å². The maximum atomic E-state index is 13.3. The van der Waals surface area contributed by atoms with Gasteiger partial charge in [0.1, 0.15) is 17.6 Å². The lowest BCUT2D eigenvalue weighted by Gasteiger charge is -2.22. The van der Waals surface area contributed by atoms with Gasteiger partial charge in [0.25, 0.3) is 5.78 Å². The van der Waals surface area contributed by atoms with E-state index in [1.807, 2.05) is 37.3 Å². The van der Waals surface area contributed by atoms with Crippen LogP contribution in [0.2, 0.25) is 0 Å². The number of hydrogen-bond donors (Lipinski definition) is 1. The number of fused-ring (bicyclic) bond motifs is 2. The van der Waals surface area contributed by atoms with Crippen LogP contribution < -0.4 is 9.64 Å². The average Bonchev–Trinajstić information content (AvgIpc) is 3.51. The van der Waals surface area contributed by atoms with Crippen LogP contribution in [0.3, 0.4) is 0 Å². The number of rotatable bonds is 3. The first-order valence-electron chi connectivity index (χ1n) is 10.9. The van der Waals surface area contributed by atoms with Crippen LogP contribution in [0, 0.1) is 0 Å². The molecular formula is C26H19N3O4S. The number of aromatic nitrogens is 2. The first-order chi connectivity index (χ1) is 16.5. The van der Waals surface area contributed by atoms with E-state index in [9.17, 15) is 14.7 Å². The Morgan fingerprint density at radius 3 is 2.71 bits per heavy atom. The summed E-state index contributed by atoms with van der Waals surface area (Å²) in [5.41, 5.74) is 2.86. The Kier molecular flexibility index (Phi) is 4.70. The second-order valence-corrected chi connectivity index (χ2v) is 9.38. The summed E-state index contributed by atoms with van der Waals surface area (Å²) in [6.45, 7) is 1.98. The molecule has 2 aromatic heterocycles. The normalized spacial score (nSPS) is 21.1. The number of nitrogens with zero attached hydrogens (tertiary/aromatic N) is 3. The largest absolute Gasteiger partial charge is 0.507 e. The van der Waals surface area contributed by atoms with E-state index < -0.39 is 17.7 Å². The van der Waals surface area contributed by atoms with Gasteiger partial charge in [-0.1, -0.05) is 23.5 Å². The molecule has 1 amide bonds. The molecule has 7 nitrogen and oxygen atoms in total. The van der Waals surface area contributed by atoms with E-state index in [0.29, 0.717) is 22.7 Å². The average molecular weight is 470 g/mol. The highest BCUT2D eigenvalue weighted by molar-refractivity contribution is 7.22. The predicted molar refractivity (Wildman–Crippen MR) is 129 cm³/mol. The molecule has 2 aromatic carbocycles. The highest BCUT2D eigenvalue weighted by Crippen LogP contribution is 2.44. The summed E-state index contributed by atoms with van der Waals surface area (Å²) in [4.78, 5) is 36.7. The Morgan fingerprint density at radius 1 is 1.12 bits per heavy atom. The summed E-state index contributed by atoms with van der Waals surface area (Å²) < 4.78 is 6.66. The van der Waals surface area contributed by atoms with E-state index in [4.69, 9.17) is 4.74 Å². The molecule has 4 heterocycles. The topological polar surface area (TPSA) is 92.6 Å². The van der Waals surface area contributed by atoms with Crippen LogP contribution in [0.25, 0.3) is 16.0 Å². The third-order valence-electron chi connectivity index (χ3n) is 6.12. The van der Waals surface area contributed by atoms with Crippen LogP contribution in [-0.2, 0) is 16.0 Å². The van der Waals surface area contributed by atoms with Gasteiger partial charge in [0.05, 0.1) is 21.8 Å². The second kappa shape index (κ2) is 7.78. The number of amides is 1. The molecular weight excluding hydrogens is 450 g/mol. The van der Waals surface area contributed by atoms with Crippen LogP contribution in [0.1, 0.15) is 29.7 Å². The van der Waals surface area contributed by atoms with Gasteiger partial charge >= 0.3 is 5.91 Å². The molecule has 0 bridgehead atoms. The quantitative estimate of drug-likeness (QED) is 0.267. The SMILES string of the molecule is CC1Cc2cc(/C(O)=C3\C(=O)C(=O)N(c4nc5ccccc5s4)C3c3ccncc3)ccc2O1. The number of ether oxygens (including phenoxy) is 1. The summed E-state index contributed by atoms with van der Waals surface area (Å²) in [5.74, 6) is -0.917. The van der Waals surface area contributed by atoms with Gasteiger partial charge in [-0.15, -0.1) is 0 Å². The molecule has 168 valence electrons. The molecule has 1 fully saturated rings. The molecule has 2 aliphatic rings. The molecule has 1 N–H and O–H groups in total. The lowest BCUT2D eigenvalue weighted by Crippen LogP contribution is -2.29. The number of aliphatic hydroxyl groups is 1. The minimum Gasteiger partial charge on any atom is -0.507 e. The number of pyridine rings is 1. The number of thiazole rings is 1. The van der Waals surface area contributed by atoms with E-state index in [-0.39, 0.29) is 17.4 Å². The molecule has 0 spiro atoms. The lowest BCUT2D eigenvalue weighted by atomic mass is 9.95. The Balaban J connectivity index is 1.53. The van der Waals surface area contributed by atoms with E-state index in [2.05, 4.69) is 9.97 Å². The van der Waals surface area contributed by atoms with Crippen molar-refractivity contribution in [2.45, 2.75) is 25.5 Å². The van der Waals surface area contributed by atoms with Crippen molar-refractivity contribution in [1.82, 2.24) is 9.97 Å². The van der Waals surface area contributed by atoms with Gasteiger partial charge in [0.15, 0.2) is 5.13 Å². The number of carbonyl (C=O) groups is 2. The fraction of sp³-hybridized carbons (Fsp3) is 0.154. The fourth-order valence-corrected chi connectivity index (χ4v) is 5.57. The van der Waals surface area contributed by atoms with E-state index >= 15 is 0 Å². The Hall–Kier alpha value is -4.04. The van der Waals surface area contributed by atoms with Crippen LogP contribution >= 0.6 is 11.3 Å². The number of benzene rings is 2. The molecule has 8 heteroatoms. The van der Waals surface area contributed by atoms with Crippen LogP contribution in [0.15, 0.2) is 72.6 Å². The molecule has 0 saturated carbocycles. The Morgan fingerprint density at radius 2 is 1.91 bits per heavy atom. The van der Waals surface area contributed by atoms with Crippen molar-refractivity contribution in [3.8, 4) is 5.75 Å². The third kappa shape index (κ3) is 3.18. The standard InChI is InChI=1S/C26H19N3O4S/c1-14-12-17-13-16(6-7-19(17)33-14)23(30)21-22(15-8-10-27-11-9-15)29(25(32)24(21)31)26-28-18-4-2-3-5-20(18)34-26/h2-11,13-14,22,30H,12H2,1H3/b23-21+. The first kappa shape index (κ1) is 20.6. The van der Waals surface area contributed by atoms with Crippen LogP contribution in [0.4, 0.5) is 5.13 Å². The summed E-state index contributed by atoms with van der Waals surface area (Å²) in [7, 11) is 0. The minimum atomic E-state index is -0.827. The van der Waals surface area contributed by atoms with Crippen molar-refractivity contribution in [2.24, 2.45) is 0 Å². The Bertz CT molecular complexity index is 1460. The van der Waals surface area contributed by atoms with Crippen molar-refractivity contribution in [3.05, 3.63) is 89.3 Å². The highest BCUT2D eigenvalue weighted by Gasteiger charge is 2.48. The zero-order valence-electron chi connectivity index (χ0n) is 18.1. The monoisotopic (exact) mass is 469 g/mol. The molecule has 34 heavy (non-hydrogen) atoms. The van der Waals surface area contributed by atoms with Crippen molar-refractivity contribution in [2.75, 3.05) is 4.90 Å². The summed E-state index contributed by atoms with van der Waals surface area (Å²) >= 11 is 1.33. The maximum absolute atomic E-state index is 13.3. The number of hydrogen-bond acceptors (Lipinski definition) is 7. The zero-order valence-corrected chi connectivity index (χ0v) is 19.0. The van der Waals surface area contributed by atoms with E-state index in [0.717, 1.165) is 21.5 Å². The molecule has 4 aromatic rings. The molecule has 0 aliphatic carbocycles. The highest BCUT2D eigenvalue weighted by atomic mass is 32.1. The smallest absolute Gasteiger partial charge is 0.301 e. The number of anilines is 1. The summed E-state index contributed by atoms with van der Waals surface area (Å²) in [6.07, 6.45) is 3.96. The molecule has 6 rings (SSSR count). The van der Waals surface area contributed by atoms with Gasteiger partial charge in [0.2, 0.25) is 0 Å². The van der Waals surface area contributed by atoms with Crippen molar-refractivity contribution in [3.63, 3.8) is 0 Å². The molecule has 2 atom stereocenters. The zero-order chi connectivity index (χ0) is 23.4. The molecule has 1 saturated heterocycles. The van der Waals surface area contributed by atoms with Gasteiger partial charge in [-0.2, -0.15) is 0 Å². The number of para-hydroxylation sites is 1. The lowest BCUT2D eigenvalue weighted by molar-refractivity contribution is -0.132. The summed E-state index contributed by atoms with van der Waals surface area (Å²) in [6, 6.07) is 15.5. The third-order valence-corrected chi connectivity index (χ3v) is 7.16. The van der Waals surface area contributed by atoms with Gasteiger partial charge in [-0.3, -0.25) is 19.5 Å². The van der Waals surface area contributed by atoms with E-state index in [1.54, 1.807) is 36.7 Å². The number of aliphatic hydroxyl groups excluding tert-OH is 1. The molecule has 0 radical (unpaired) electrons. The van der Waals surface area contributed by atoms with Gasteiger partial charge in [-0.25, -0.2) is 4.98 Å². The maximum Gasteiger partial charge on any atom is 0.301 e. The van der Waals surface area contributed by atoms with Crippen LogP contribution in [-0.4, -0.2) is 32.9 Å². The van der Waals surface area contributed by atoms with Gasteiger partial charge in [0, 0.05) is 24.4 Å². The van der Waals surface area contributed by atoms with Crippen molar-refractivity contribution in [1.29, 1.82) is 0 Å². The molecule has 2 unspecified atom stereocenters. The van der Waals surface area contributed by atoms with Crippen molar-refractivity contribution < 1.29 is 19.4 Å². The summed E-state index contributed by atoms with van der Waals surface area (Å²) in [5, 5.41) is 11.8. The molecule has 2 aliphatic heterocycles. The van der Waals surface area contributed by atoms with E-state index in [1.165, 1.54) is 16.2 Å². The first-order valence-corrected chi connectivity index (χ1v) is 11.7. The Labute approximate surface area is 199 Å². The fourth-order valence-electron chi connectivity index (χ4n) is 4.58. The van der Waals surface area contributed by atoms with Crippen molar-refractivity contribution >= 4 is 44.1 Å². The van der Waals surface area contributed by atoms with Gasteiger partial charge in [-0.05, 0) is 60.5 Å². The number of ketones is 1. The predicted octanol–water partition coefficient (Wildman–Crippen LogP) is 4.64.